The zero-order valence-electron chi connectivity index (χ0n) is 17.8. The van der Waals surface area contributed by atoms with Crippen molar-refractivity contribution in [3.63, 3.8) is 0 Å². The highest BCUT2D eigenvalue weighted by Crippen LogP contribution is 2.30. The van der Waals surface area contributed by atoms with Crippen LogP contribution in [0.2, 0.25) is 0 Å². The Labute approximate surface area is 189 Å². The molecular formula is C24H22FN5O3. The predicted molar refractivity (Wildman–Crippen MR) is 120 cm³/mol. The quantitative estimate of drug-likeness (QED) is 0.600. The van der Waals surface area contributed by atoms with E-state index in [1.807, 2.05) is 18.3 Å². The summed E-state index contributed by atoms with van der Waals surface area (Å²) in [7, 11) is 0. The molecule has 3 heterocycles. The summed E-state index contributed by atoms with van der Waals surface area (Å²) >= 11 is 0. The Bertz CT molecular complexity index is 1210. The number of hydrogen-bond acceptors (Lipinski definition) is 4. The molecular weight excluding hydrogens is 425 g/mol. The van der Waals surface area contributed by atoms with Crippen LogP contribution in [0.15, 0.2) is 54.7 Å². The van der Waals surface area contributed by atoms with Gasteiger partial charge in [0.1, 0.15) is 17.6 Å². The third-order valence-corrected chi connectivity index (χ3v) is 5.95. The van der Waals surface area contributed by atoms with Crippen molar-refractivity contribution in [2.75, 3.05) is 16.8 Å². The Balaban J connectivity index is 1.39. The van der Waals surface area contributed by atoms with Crippen LogP contribution in [0.3, 0.4) is 0 Å². The molecule has 2 aromatic carbocycles. The molecule has 2 aliphatic heterocycles. The molecule has 9 heteroatoms. The zero-order valence-corrected chi connectivity index (χ0v) is 17.8. The maximum absolute atomic E-state index is 13.3. The predicted octanol–water partition coefficient (Wildman–Crippen LogP) is 3.34. The van der Waals surface area contributed by atoms with Gasteiger partial charge in [0.15, 0.2) is 0 Å². The molecule has 3 aromatic rings. The molecule has 168 valence electrons. The van der Waals surface area contributed by atoms with Gasteiger partial charge in [0, 0.05) is 31.3 Å². The summed E-state index contributed by atoms with van der Waals surface area (Å²) in [5.74, 6) is -1.80. The van der Waals surface area contributed by atoms with Crippen molar-refractivity contribution in [1.29, 1.82) is 0 Å². The molecule has 5 rings (SSSR count). The van der Waals surface area contributed by atoms with Gasteiger partial charge in [-0.2, -0.15) is 0 Å². The highest BCUT2D eigenvalue weighted by atomic mass is 19.1. The maximum atomic E-state index is 13.3. The second kappa shape index (κ2) is 8.50. The van der Waals surface area contributed by atoms with Gasteiger partial charge in [0.25, 0.3) is 0 Å². The number of nitrogens with one attached hydrogen (secondary N) is 2. The number of nitrogens with zero attached hydrogens (tertiary/aromatic N) is 3. The largest absolute Gasteiger partial charge is 0.336 e. The number of hydrogen-bond donors (Lipinski definition) is 2. The van der Waals surface area contributed by atoms with Crippen molar-refractivity contribution in [2.24, 2.45) is 5.92 Å². The van der Waals surface area contributed by atoms with E-state index in [9.17, 15) is 18.8 Å². The molecule has 2 N–H and O–H groups in total. The first kappa shape index (κ1) is 20.9. The number of aromatic nitrogens is 2. The molecule has 0 saturated carbocycles. The fourth-order valence-electron chi connectivity index (χ4n) is 4.23. The fraction of sp³-hybridized carbons (Fsp3) is 0.250. The van der Waals surface area contributed by atoms with Crippen molar-refractivity contribution in [2.45, 2.75) is 25.8 Å². The topological polar surface area (TPSA) is 96.3 Å². The minimum Gasteiger partial charge on any atom is -0.336 e. The first-order valence-electron chi connectivity index (χ1n) is 10.8. The van der Waals surface area contributed by atoms with Gasteiger partial charge >= 0.3 is 6.03 Å². The minimum absolute atomic E-state index is 0.123. The van der Waals surface area contributed by atoms with Crippen LogP contribution in [0.4, 0.5) is 20.6 Å². The molecule has 1 saturated heterocycles. The van der Waals surface area contributed by atoms with Gasteiger partial charge in [-0.15, -0.1) is 0 Å². The van der Waals surface area contributed by atoms with E-state index in [1.165, 1.54) is 12.1 Å². The third kappa shape index (κ3) is 3.97. The second-order valence-electron chi connectivity index (χ2n) is 8.12. The van der Waals surface area contributed by atoms with Gasteiger partial charge < -0.3 is 15.2 Å². The van der Waals surface area contributed by atoms with E-state index in [4.69, 9.17) is 4.98 Å². The molecule has 1 atom stereocenters. The van der Waals surface area contributed by atoms with Crippen LogP contribution in [-0.4, -0.2) is 33.9 Å². The van der Waals surface area contributed by atoms with Gasteiger partial charge in [0.2, 0.25) is 11.8 Å². The lowest BCUT2D eigenvalue weighted by Gasteiger charge is -2.30. The van der Waals surface area contributed by atoms with Gasteiger partial charge in [-0.05, 0) is 43.2 Å². The number of benzene rings is 2. The van der Waals surface area contributed by atoms with Crippen molar-refractivity contribution < 1.29 is 18.8 Å². The van der Waals surface area contributed by atoms with Crippen molar-refractivity contribution >= 4 is 29.2 Å². The summed E-state index contributed by atoms with van der Waals surface area (Å²) in [5.41, 5.74) is 2.26. The van der Waals surface area contributed by atoms with E-state index in [2.05, 4.69) is 15.2 Å². The minimum atomic E-state index is -1.13. The zero-order chi connectivity index (χ0) is 22.9. The Kier molecular flexibility index (Phi) is 5.37. The summed E-state index contributed by atoms with van der Waals surface area (Å²) in [5, 5.41) is 5.41. The molecule has 33 heavy (non-hydrogen) atoms. The Morgan fingerprint density at radius 2 is 1.88 bits per heavy atom. The molecule has 0 aliphatic carbocycles. The number of aryl methyl sites for hydroxylation is 2. The number of carbonyl (C=O) groups excluding carboxylic acids is 3. The fourth-order valence-corrected chi connectivity index (χ4v) is 4.23. The molecule has 1 fully saturated rings. The van der Waals surface area contributed by atoms with Crippen molar-refractivity contribution in [3.8, 4) is 11.3 Å². The standard InChI is InChI=1S/C24H22FN5O3/c25-15-8-10-16(11-9-15)30-23(32)18(13-26-24(30)33)22(31)28-19-6-2-1-5-17(19)20-14-29-12-4-3-7-21(29)27-20/h1-2,5-6,8-11,14,18H,3-4,7,12-13H2,(H,26,33)(H,28,31). The number of imide groups is 1. The number of halogens is 1. The van der Waals surface area contributed by atoms with Crippen LogP contribution in [-0.2, 0) is 22.6 Å². The number of rotatable bonds is 4. The van der Waals surface area contributed by atoms with Gasteiger partial charge in [-0.25, -0.2) is 19.1 Å². The van der Waals surface area contributed by atoms with E-state index in [1.54, 1.807) is 12.1 Å². The second-order valence-corrected chi connectivity index (χ2v) is 8.12. The smallest absolute Gasteiger partial charge is 0.328 e. The molecule has 0 radical (unpaired) electrons. The number of para-hydroxylation sites is 1. The van der Waals surface area contributed by atoms with Gasteiger partial charge in [-0.3, -0.25) is 9.59 Å². The van der Waals surface area contributed by atoms with Crippen molar-refractivity contribution in [1.82, 2.24) is 14.9 Å². The summed E-state index contributed by atoms with van der Waals surface area (Å²) in [6.45, 7) is 0.800. The van der Waals surface area contributed by atoms with Crippen LogP contribution in [0.25, 0.3) is 11.3 Å². The molecule has 1 aromatic heterocycles. The third-order valence-electron chi connectivity index (χ3n) is 5.95. The van der Waals surface area contributed by atoms with E-state index in [0.29, 0.717) is 5.69 Å². The SMILES string of the molecule is O=C(Nc1ccccc1-c1cn2c(n1)CCCC2)C1CNC(=O)N(c2ccc(F)cc2)C1=O. The van der Waals surface area contributed by atoms with Crippen LogP contribution in [0, 0.1) is 11.7 Å². The van der Waals surface area contributed by atoms with Crippen LogP contribution < -0.4 is 15.5 Å². The monoisotopic (exact) mass is 447 g/mol. The van der Waals surface area contributed by atoms with E-state index < -0.39 is 29.6 Å². The Hall–Kier alpha value is -4.01. The lowest BCUT2D eigenvalue weighted by Crippen LogP contribution is -2.58. The number of carbonyl (C=O) groups is 3. The van der Waals surface area contributed by atoms with Gasteiger partial charge in [0.05, 0.1) is 17.1 Å². The molecule has 0 bridgehead atoms. The summed E-state index contributed by atoms with van der Waals surface area (Å²) < 4.78 is 15.4. The molecule has 1 unspecified atom stereocenters. The molecule has 4 amide bonds. The number of imidazole rings is 1. The molecule has 8 nitrogen and oxygen atoms in total. The lowest BCUT2D eigenvalue weighted by atomic mass is 10.0. The van der Waals surface area contributed by atoms with Crippen LogP contribution in [0.5, 0.6) is 0 Å². The number of urea groups is 1. The van der Waals surface area contributed by atoms with E-state index >= 15 is 0 Å². The first-order valence-corrected chi connectivity index (χ1v) is 10.8. The molecule has 0 spiro atoms. The highest BCUT2D eigenvalue weighted by Gasteiger charge is 2.39. The average Bonchev–Trinajstić information content (AvgIpc) is 3.25. The first-order chi connectivity index (χ1) is 16.0. The van der Waals surface area contributed by atoms with Gasteiger partial charge in [-0.1, -0.05) is 18.2 Å². The number of fused-ring (bicyclic) bond motifs is 1. The highest BCUT2D eigenvalue weighted by molar-refractivity contribution is 6.23. The van der Waals surface area contributed by atoms with Crippen molar-refractivity contribution in [3.05, 3.63) is 66.4 Å². The van der Waals surface area contributed by atoms with Crippen LogP contribution >= 0.6 is 0 Å². The Morgan fingerprint density at radius 1 is 1.09 bits per heavy atom. The summed E-state index contributed by atoms with van der Waals surface area (Å²) in [4.78, 5) is 44.0. The normalized spacial score (nSPS) is 18.0. The Morgan fingerprint density at radius 3 is 2.67 bits per heavy atom. The summed E-state index contributed by atoms with van der Waals surface area (Å²) in [6.07, 6.45) is 5.13. The maximum Gasteiger partial charge on any atom is 0.328 e. The summed E-state index contributed by atoms with van der Waals surface area (Å²) in [6, 6.07) is 11.6. The lowest BCUT2D eigenvalue weighted by molar-refractivity contribution is -0.130. The van der Waals surface area contributed by atoms with E-state index in [0.717, 1.165) is 59.9 Å². The number of anilines is 2. The average molecular weight is 447 g/mol. The number of amides is 4. The van der Waals surface area contributed by atoms with Crippen LogP contribution in [0.1, 0.15) is 18.7 Å². The molecule has 2 aliphatic rings. The van der Waals surface area contributed by atoms with E-state index in [-0.39, 0.29) is 12.2 Å².